The summed E-state index contributed by atoms with van der Waals surface area (Å²) in [7, 11) is 0. The van der Waals surface area contributed by atoms with Crippen LogP contribution in [0.4, 0.5) is 0 Å². The van der Waals surface area contributed by atoms with Crippen molar-refractivity contribution in [1.29, 1.82) is 0 Å². The number of aromatic nitrogens is 1. The summed E-state index contributed by atoms with van der Waals surface area (Å²) in [5, 5.41) is 11.6. The Balaban J connectivity index is 2.07. The molecule has 0 fully saturated rings. The van der Waals surface area contributed by atoms with Gasteiger partial charge in [0.05, 0.1) is 23.9 Å². The molecule has 1 heterocycles. The smallest absolute Gasteiger partial charge is 0.336 e. The summed E-state index contributed by atoms with van der Waals surface area (Å²) in [5.74, 6) is -0.484. The van der Waals surface area contributed by atoms with Crippen LogP contribution in [0.3, 0.4) is 0 Å². The number of aryl methyl sites for hydroxylation is 1. The first-order valence-electron chi connectivity index (χ1n) is 6.16. The van der Waals surface area contributed by atoms with Crippen molar-refractivity contribution < 1.29 is 19.1 Å². The number of carboxylic acid groups (broad SMARTS) is 1. The lowest BCUT2D eigenvalue weighted by atomic mass is 10.1. The molecule has 2 aromatic rings. The van der Waals surface area contributed by atoms with Gasteiger partial charge in [-0.1, -0.05) is 19.1 Å². The van der Waals surface area contributed by atoms with Crippen molar-refractivity contribution in [3.63, 3.8) is 0 Å². The van der Waals surface area contributed by atoms with Crippen LogP contribution in [0.5, 0.6) is 0 Å². The van der Waals surface area contributed by atoms with Crippen LogP contribution in [0.25, 0.3) is 0 Å². The molecule has 0 saturated carbocycles. The Bertz CT molecular complexity index is 634. The molecule has 1 aromatic carbocycles. The van der Waals surface area contributed by atoms with Crippen molar-refractivity contribution in [2.24, 2.45) is 0 Å². The molecular formula is C14H14N2O4. The highest BCUT2D eigenvalue weighted by Gasteiger charge is 2.16. The van der Waals surface area contributed by atoms with Gasteiger partial charge in [0.1, 0.15) is 5.76 Å². The van der Waals surface area contributed by atoms with Gasteiger partial charge in [-0.05, 0) is 12.1 Å². The molecular weight excluding hydrogens is 260 g/mol. The number of hydrogen-bond donors (Lipinski definition) is 2. The third kappa shape index (κ3) is 3.03. The van der Waals surface area contributed by atoms with E-state index in [-0.39, 0.29) is 17.7 Å². The first kappa shape index (κ1) is 13.8. The molecule has 0 radical (unpaired) electrons. The van der Waals surface area contributed by atoms with Crippen LogP contribution in [0, 0.1) is 0 Å². The fourth-order valence-corrected chi connectivity index (χ4v) is 1.71. The summed E-state index contributed by atoms with van der Waals surface area (Å²) in [6.07, 6.45) is 2.33. The molecule has 104 valence electrons. The molecule has 20 heavy (non-hydrogen) atoms. The van der Waals surface area contributed by atoms with E-state index < -0.39 is 11.9 Å². The van der Waals surface area contributed by atoms with Crippen molar-refractivity contribution in [3.8, 4) is 0 Å². The molecule has 2 rings (SSSR count). The molecule has 1 aromatic heterocycles. The zero-order valence-corrected chi connectivity index (χ0v) is 10.9. The number of carbonyl (C=O) groups excluding carboxylic acids is 1. The second-order valence-corrected chi connectivity index (χ2v) is 4.11. The number of carboxylic acids is 1. The molecule has 0 aliphatic rings. The SMILES string of the molecule is CCc1cnc(CNC(=O)c2ccccc2C(=O)O)o1. The maximum absolute atomic E-state index is 12.0. The minimum atomic E-state index is -1.14. The van der Waals surface area contributed by atoms with Gasteiger partial charge in [0, 0.05) is 6.42 Å². The Hall–Kier alpha value is -2.63. The average Bonchev–Trinajstić information content (AvgIpc) is 2.92. The van der Waals surface area contributed by atoms with E-state index in [1.54, 1.807) is 18.3 Å². The predicted octanol–water partition coefficient (Wildman–Crippen LogP) is 1.87. The summed E-state index contributed by atoms with van der Waals surface area (Å²) in [6, 6.07) is 6.03. The second-order valence-electron chi connectivity index (χ2n) is 4.11. The lowest BCUT2D eigenvalue weighted by Crippen LogP contribution is -2.25. The Labute approximate surface area is 115 Å². The van der Waals surface area contributed by atoms with Gasteiger partial charge < -0.3 is 14.8 Å². The average molecular weight is 274 g/mol. The molecule has 2 N–H and O–H groups in total. The molecule has 6 nitrogen and oxygen atoms in total. The van der Waals surface area contributed by atoms with Crippen LogP contribution in [0.2, 0.25) is 0 Å². The molecule has 0 aliphatic carbocycles. The van der Waals surface area contributed by atoms with E-state index in [0.29, 0.717) is 5.89 Å². The van der Waals surface area contributed by atoms with Crippen LogP contribution >= 0.6 is 0 Å². The molecule has 0 bridgehead atoms. The van der Waals surface area contributed by atoms with E-state index in [1.807, 2.05) is 6.92 Å². The van der Waals surface area contributed by atoms with Gasteiger partial charge in [-0.2, -0.15) is 0 Å². The van der Waals surface area contributed by atoms with Crippen molar-refractivity contribution in [2.45, 2.75) is 19.9 Å². The summed E-state index contributed by atoms with van der Waals surface area (Å²) < 4.78 is 5.35. The number of oxazole rings is 1. The molecule has 0 aliphatic heterocycles. The van der Waals surface area contributed by atoms with Crippen molar-refractivity contribution in [3.05, 3.63) is 53.2 Å². The van der Waals surface area contributed by atoms with Crippen LogP contribution in [0.1, 0.15) is 39.3 Å². The van der Waals surface area contributed by atoms with Gasteiger partial charge in [0.25, 0.3) is 5.91 Å². The highest BCUT2D eigenvalue weighted by Crippen LogP contribution is 2.09. The van der Waals surface area contributed by atoms with Crippen molar-refractivity contribution in [2.75, 3.05) is 0 Å². The Morgan fingerprint density at radius 3 is 2.60 bits per heavy atom. The van der Waals surface area contributed by atoms with Gasteiger partial charge in [-0.15, -0.1) is 0 Å². The Morgan fingerprint density at radius 1 is 1.30 bits per heavy atom. The predicted molar refractivity (Wildman–Crippen MR) is 70.5 cm³/mol. The normalized spacial score (nSPS) is 10.2. The zero-order chi connectivity index (χ0) is 14.5. The van der Waals surface area contributed by atoms with E-state index in [9.17, 15) is 9.59 Å². The first-order chi connectivity index (χ1) is 9.61. The molecule has 0 saturated heterocycles. The third-order valence-corrected chi connectivity index (χ3v) is 2.75. The Morgan fingerprint density at radius 2 is 2.00 bits per heavy atom. The van der Waals surface area contributed by atoms with Gasteiger partial charge in [0.15, 0.2) is 0 Å². The number of nitrogens with one attached hydrogen (secondary N) is 1. The molecule has 1 amide bonds. The van der Waals surface area contributed by atoms with E-state index in [1.165, 1.54) is 12.1 Å². The van der Waals surface area contributed by atoms with Gasteiger partial charge >= 0.3 is 5.97 Å². The van der Waals surface area contributed by atoms with Crippen LogP contribution < -0.4 is 5.32 Å². The van der Waals surface area contributed by atoms with Crippen LogP contribution in [-0.2, 0) is 13.0 Å². The maximum atomic E-state index is 12.0. The van der Waals surface area contributed by atoms with Crippen molar-refractivity contribution in [1.82, 2.24) is 10.3 Å². The summed E-state index contributed by atoms with van der Waals surface area (Å²) in [5.41, 5.74) is 0.0777. The second kappa shape index (κ2) is 6.01. The Kier molecular flexibility index (Phi) is 4.14. The number of amides is 1. The fraction of sp³-hybridized carbons (Fsp3) is 0.214. The standard InChI is InChI=1S/C14H14N2O4/c1-2-9-7-15-12(20-9)8-16-13(17)10-5-3-4-6-11(10)14(18)19/h3-7H,2,8H2,1H3,(H,16,17)(H,18,19). The number of rotatable bonds is 5. The number of benzene rings is 1. The molecule has 0 unspecified atom stereocenters. The van der Waals surface area contributed by atoms with Gasteiger partial charge in [-0.25, -0.2) is 9.78 Å². The number of nitrogens with zero attached hydrogens (tertiary/aromatic N) is 1. The van der Waals surface area contributed by atoms with E-state index in [4.69, 9.17) is 9.52 Å². The number of aromatic carboxylic acids is 1. The third-order valence-electron chi connectivity index (χ3n) is 2.75. The van der Waals surface area contributed by atoms with E-state index >= 15 is 0 Å². The number of hydrogen-bond acceptors (Lipinski definition) is 4. The topological polar surface area (TPSA) is 92.4 Å². The number of carbonyl (C=O) groups is 2. The molecule has 0 atom stereocenters. The van der Waals surface area contributed by atoms with Crippen LogP contribution in [-0.4, -0.2) is 22.0 Å². The highest BCUT2D eigenvalue weighted by molar-refractivity contribution is 6.04. The summed E-state index contributed by atoms with van der Waals surface area (Å²) in [6.45, 7) is 2.05. The fourth-order valence-electron chi connectivity index (χ4n) is 1.71. The lowest BCUT2D eigenvalue weighted by Gasteiger charge is -2.05. The van der Waals surface area contributed by atoms with E-state index in [2.05, 4.69) is 10.3 Å². The molecule has 6 heteroatoms. The summed E-state index contributed by atoms with van der Waals surface area (Å²) >= 11 is 0. The quantitative estimate of drug-likeness (QED) is 0.868. The highest BCUT2D eigenvalue weighted by atomic mass is 16.4. The molecule has 0 spiro atoms. The van der Waals surface area contributed by atoms with Gasteiger partial charge in [0.2, 0.25) is 5.89 Å². The van der Waals surface area contributed by atoms with Crippen LogP contribution in [0.15, 0.2) is 34.9 Å². The minimum Gasteiger partial charge on any atom is -0.478 e. The van der Waals surface area contributed by atoms with E-state index in [0.717, 1.165) is 12.2 Å². The lowest BCUT2D eigenvalue weighted by molar-refractivity contribution is 0.0691. The zero-order valence-electron chi connectivity index (χ0n) is 10.9. The first-order valence-corrected chi connectivity index (χ1v) is 6.16. The monoisotopic (exact) mass is 274 g/mol. The van der Waals surface area contributed by atoms with Gasteiger partial charge in [-0.3, -0.25) is 4.79 Å². The largest absolute Gasteiger partial charge is 0.478 e. The minimum absolute atomic E-state index is 0.0355. The summed E-state index contributed by atoms with van der Waals surface area (Å²) in [4.78, 5) is 27.0. The van der Waals surface area contributed by atoms with Crippen molar-refractivity contribution >= 4 is 11.9 Å². The maximum Gasteiger partial charge on any atom is 0.336 e.